The maximum Gasteiger partial charge on any atom is 0.294 e. The fraction of sp³-hybridized carbons (Fsp3) is 0.227. The van der Waals surface area contributed by atoms with Crippen LogP contribution in [-0.4, -0.2) is 33.7 Å². The second-order valence-electron chi connectivity index (χ2n) is 7.07. The van der Waals surface area contributed by atoms with E-state index in [2.05, 4.69) is 10.4 Å². The first-order valence-electron chi connectivity index (χ1n) is 9.67. The van der Waals surface area contributed by atoms with Gasteiger partial charge in [-0.1, -0.05) is 0 Å². The van der Waals surface area contributed by atoms with E-state index in [1.807, 2.05) is 4.90 Å². The summed E-state index contributed by atoms with van der Waals surface area (Å²) in [6.45, 7) is 1.58. The van der Waals surface area contributed by atoms with E-state index in [9.17, 15) is 14.0 Å². The van der Waals surface area contributed by atoms with Crippen molar-refractivity contribution in [3.63, 3.8) is 0 Å². The molecule has 8 heteroatoms. The molecule has 154 valence electrons. The first-order valence-corrected chi connectivity index (χ1v) is 9.67. The molecule has 1 aliphatic rings. The molecule has 7 nitrogen and oxygen atoms in total. The van der Waals surface area contributed by atoms with Crippen molar-refractivity contribution in [3.8, 4) is 11.5 Å². The zero-order valence-electron chi connectivity index (χ0n) is 16.5. The number of aromatic nitrogens is 2. The second kappa shape index (κ2) is 8.36. The van der Waals surface area contributed by atoms with Crippen molar-refractivity contribution in [2.24, 2.45) is 7.05 Å². The molecule has 0 radical (unpaired) electrons. The van der Waals surface area contributed by atoms with Crippen molar-refractivity contribution in [1.82, 2.24) is 14.7 Å². The molecule has 1 saturated heterocycles. The van der Waals surface area contributed by atoms with Crippen LogP contribution in [-0.2, 0) is 7.05 Å². The number of halogens is 1. The van der Waals surface area contributed by atoms with Gasteiger partial charge in [-0.05, 0) is 61.4 Å². The highest BCUT2D eigenvalue weighted by atomic mass is 19.1. The van der Waals surface area contributed by atoms with E-state index < -0.39 is 0 Å². The minimum atomic E-state index is -0.383. The monoisotopic (exact) mass is 408 g/mol. The number of aryl methyl sites for hydroxylation is 1. The zero-order chi connectivity index (χ0) is 21.1. The Morgan fingerprint density at radius 3 is 2.40 bits per heavy atom. The van der Waals surface area contributed by atoms with Gasteiger partial charge in [0, 0.05) is 31.4 Å². The number of carbonyl (C=O) groups is 1. The third-order valence-corrected chi connectivity index (χ3v) is 4.94. The van der Waals surface area contributed by atoms with Crippen molar-refractivity contribution in [2.45, 2.75) is 12.8 Å². The van der Waals surface area contributed by atoms with E-state index in [1.165, 1.54) is 42.2 Å². The normalized spacial score (nSPS) is 13.3. The quantitative estimate of drug-likeness (QED) is 0.697. The SMILES string of the molecule is Cn1ncc(Oc2ccc(F)cc2)c(Nc2ccc(C(=O)N3CCCC3)cc2)c1=O. The Morgan fingerprint density at radius 2 is 1.73 bits per heavy atom. The van der Waals surface area contributed by atoms with Crippen molar-refractivity contribution >= 4 is 17.3 Å². The van der Waals surface area contributed by atoms with Crippen molar-refractivity contribution in [1.29, 1.82) is 0 Å². The summed E-state index contributed by atoms with van der Waals surface area (Å²) in [5.41, 5.74) is 1.04. The number of nitrogens with one attached hydrogen (secondary N) is 1. The molecular weight excluding hydrogens is 387 g/mol. The van der Waals surface area contributed by atoms with Gasteiger partial charge in [-0.2, -0.15) is 5.10 Å². The summed E-state index contributed by atoms with van der Waals surface area (Å²) in [5, 5.41) is 7.04. The summed E-state index contributed by atoms with van der Waals surface area (Å²) in [6, 6.07) is 12.4. The molecule has 1 aromatic heterocycles. The van der Waals surface area contributed by atoms with Crippen LogP contribution >= 0.6 is 0 Å². The zero-order valence-corrected chi connectivity index (χ0v) is 16.5. The molecule has 1 aliphatic heterocycles. The molecule has 2 heterocycles. The number of carbonyl (C=O) groups excluding carboxylic acids is 1. The highest BCUT2D eigenvalue weighted by Gasteiger charge is 2.19. The highest BCUT2D eigenvalue weighted by Crippen LogP contribution is 2.28. The molecule has 3 aromatic rings. The van der Waals surface area contributed by atoms with E-state index >= 15 is 0 Å². The third-order valence-electron chi connectivity index (χ3n) is 4.94. The fourth-order valence-corrected chi connectivity index (χ4v) is 3.29. The molecule has 0 aliphatic carbocycles. The van der Waals surface area contributed by atoms with Gasteiger partial charge < -0.3 is 15.0 Å². The van der Waals surface area contributed by atoms with Crippen LogP contribution in [0.15, 0.2) is 59.5 Å². The van der Waals surface area contributed by atoms with Gasteiger partial charge in [0.1, 0.15) is 11.6 Å². The Kier molecular flexibility index (Phi) is 5.47. The van der Waals surface area contributed by atoms with Crippen LogP contribution in [0.25, 0.3) is 0 Å². The summed E-state index contributed by atoms with van der Waals surface area (Å²) in [4.78, 5) is 27.0. The van der Waals surface area contributed by atoms with Gasteiger partial charge in [-0.3, -0.25) is 9.59 Å². The number of likely N-dealkylation sites (tertiary alicyclic amines) is 1. The largest absolute Gasteiger partial charge is 0.453 e. The molecule has 0 bridgehead atoms. The van der Waals surface area contributed by atoms with Gasteiger partial charge in [0.2, 0.25) is 0 Å². The molecule has 2 aromatic carbocycles. The lowest BCUT2D eigenvalue weighted by Gasteiger charge is -2.16. The average molecular weight is 408 g/mol. The van der Waals surface area contributed by atoms with Gasteiger partial charge in [-0.15, -0.1) is 0 Å². The Bertz CT molecular complexity index is 1100. The van der Waals surface area contributed by atoms with Crippen LogP contribution < -0.4 is 15.6 Å². The average Bonchev–Trinajstić information content (AvgIpc) is 3.30. The molecular formula is C22H21FN4O3. The summed E-state index contributed by atoms with van der Waals surface area (Å²) < 4.78 is 20.1. The first kappa shape index (κ1) is 19.6. The molecule has 1 fully saturated rings. The van der Waals surface area contributed by atoms with Crippen LogP contribution in [0.2, 0.25) is 0 Å². The molecule has 0 unspecified atom stereocenters. The predicted octanol–water partition coefficient (Wildman–Crippen LogP) is 3.69. The molecule has 0 spiro atoms. The van der Waals surface area contributed by atoms with Crippen LogP contribution in [0, 0.1) is 5.82 Å². The summed E-state index contributed by atoms with van der Waals surface area (Å²) >= 11 is 0. The number of hydrogen-bond acceptors (Lipinski definition) is 5. The van der Waals surface area contributed by atoms with Gasteiger partial charge in [0.25, 0.3) is 11.5 Å². The first-order chi connectivity index (χ1) is 14.5. The lowest BCUT2D eigenvalue weighted by molar-refractivity contribution is 0.0793. The second-order valence-corrected chi connectivity index (χ2v) is 7.07. The third kappa shape index (κ3) is 4.17. The topological polar surface area (TPSA) is 76.5 Å². The van der Waals surface area contributed by atoms with Crippen LogP contribution in [0.3, 0.4) is 0 Å². The highest BCUT2D eigenvalue weighted by molar-refractivity contribution is 5.94. The number of rotatable bonds is 5. The molecule has 4 rings (SSSR count). The number of ether oxygens (including phenoxy) is 1. The fourth-order valence-electron chi connectivity index (χ4n) is 3.29. The number of amides is 1. The summed E-state index contributed by atoms with van der Waals surface area (Å²) in [5.74, 6) is 0.216. The number of hydrogen-bond donors (Lipinski definition) is 1. The number of nitrogens with zero attached hydrogens (tertiary/aromatic N) is 3. The Morgan fingerprint density at radius 1 is 1.07 bits per heavy atom. The molecule has 1 amide bonds. The Balaban J connectivity index is 1.57. The maximum absolute atomic E-state index is 13.1. The molecule has 0 atom stereocenters. The van der Waals surface area contributed by atoms with Crippen LogP contribution in [0.1, 0.15) is 23.2 Å². The van der Waals surface area contributed by atoms with Crippen LogP contribution in [0.5, 0.6) is 11.5 Å². The summed E-state index contributed by atoms with van der Waals surface area (Å²) in [7, 11) is 1.53. The predicted molar refractivity (Wildman–Crippen MR) is 111 cm³/mol. The Hall–Kier alpha value is -3.68. The van der Waals surface area contributed by atoms with E-state index in [1.54, 1.807) is 24.3 Å². The minimum absolute atomic E-state index is 0.0132. The van der Waals surface area contributed by atoms with Gasteiger partial charge >= 0.3 is 0 Å². The van der Waals surface area contributed by atoms with Crippen LogP contribution in [0.4, 0.5) is 15.8 Å². The van der Waals surface area contributed by atoms with E-state index in [0.717, 1.165) is 25.9 Å². The van der Waals surface area contributed by atoms with Crippen molar-refractivity contribution in [2.75, 3.05) is 18.4 Å². The molecule has 1 N–H and O–H groups in total. The van der Waals surface area contributed by atoms with E-state index in [-0.39, 0.29) is 28.7 Å². The van der Waals surface area contributed by atoms with Gasteiger partial charge in [0.15, 0.2) is 11.4 Å². The van der Waals surface area contributed by atoms with Gasteiger partial charge in [-0.25, -0.2) is 9.07 Å². The van der Waals surface area contributed by atoms with E-state index in [0.29, 0.717) is 17.0 Å². The summed E-state index contributed by atoms with van der Waals surface area (Å²) in [6.07, 6.45) is 3.49. The lowest BCUT2D eigenvalue weighted by Crippen LogP contribution is -2.27. The van der Waals surface area contributed by atoms with E-state index in [4.69, 9.17) is 4.74 Å². The Labute approximate surface area is 172 Å². The van der Waals surface area contributed by atoms with Gasteiger partial charge in [0.05, 0.1) is 6.20 Å². The minimum Gasteiger partial charge on any atom is -0.453 e. The molecule has 30 heavy (non-hydrogen) atoms. The number of anilines is 2. The standard InChI is InChI=1S/C22H21FN4O3/c1-26-22(29)20(19(14-24-26)30-18-10-6-16(23)7-11-18)25-17-8-4-15(5-9-17)21(28)27-12-2-3-13-27/h4-11,14,25H,2-3,12-13H2,1H3. The van der Waals surface area contributed by atoms with Crippen molar-refractivity contribution < 1.29 is 13.9 Å². The number of benzene rings is 2. The maximum atomic E-state index is 13.1. The van der Waals surface area contributed by atoms with Crippen molar-refractivity contribution in [3.05, 3.63) is 76.5 Å². The lowest BCUT2D eigenvalue weighted by atomic mass is 10.2. The molecule has 0 saturated carbocycles. The smallest absolute Gasteiger partial charge is 0.294 e.